The Labute approximate surface area is 320 Å². The zero-order valence-electron chi connectivity index (χ0n) is 31.2. The van der Waals surface area contributed by atoms with E-state index < -0.39 is 83.9 Å². The summed E-state index contributed by atoms with van der Waals surface area (Å²) in [6.45, 7) is 3.90. The first kappa shape index (κ1) is 40.5. The summed E-state index contributed by atoms with van der Waals surface area (Å²) in [6, 6.07) is 7.01. The second-order valence-electron chi connectivity index (χ2n) is 14.0. The smallest absolute Gasteiger partial charge is 0.271 e. The highest BCUT2D eigenvalue weighted by Gasteiger charge is 2.31. The molecular formula is C38H44F2N8O6S. The predicted molar refractivity (Wildman–Crippen MR) is 201 cm³/mol. The van der Waals surface area contributed by atoms with Crippen LogP contribution in [-0.2, 0) is 25.6 Å². The SMILES string of the molecule is CC(C)C[C@@H]1NC(=O)CN(C(=O)c2cc(F)ccc2F)CCN(C)C(=O)[C@H](C)NC(=O)CN(C)C(=O)[C@@H](Cc2c[nH]c3ccccc23)NC(=O)c2csc1n2. The molecule has 0 saturated carbocycles. The van der Waals surface area contributed by atoms with Crippen LogP contribution in [0, 0.1) is 17.6 Å². The number of aromatic amines is 1. The van der Waals surface area contributed by atoms with E-state index in [0.717, 1.165) is 55.8 Å². The van der Waals surface area contributed by atoms with Crippen molar-refractivity contribution >= 4 is 57.7 Å². The van der Waals surface area contributed by atoms with Crippen LogP contribution in [0.4, 0.5) is 8.78 Å². The van der Waals surface area contributed by atoms with Gasteiger partial charge < -0.3 is 35.6 Å². The van der Waals surface area contributed by atoms with Crippen LogP contribution in [0.15, 0.2) is 54.0 Å². The van der Waals surface area contributed by atoms with Crippen molar-refractivity contribution in [2.45, 2.75) is 51.7 Å². The Kier molecular flexibility index (Phi) is 13.0. The molecule has 17 heteroatoms. The summed E-state index contributed by atoms with van der Waals surface area (Å²) in [5, 5.41) is 11.0. The number of hydrogen-bond donors (Lipinski definition) is 4. The fourth-order valence-corrected chi connectivity index (χ4v) is 7.18. The van der Waals surface area contributed by atoms with Gasteiger partial charge in [0.25, 0.3) is 11.8 Å². The van der Waals surface area contributed by atoms with E-state index in [-0.39, 0.29) is 31.1 Å². The lowest BCUT2D eigenvalue weighted by atomic mass is 10.0. The Morgan fingerprint density at radius 2 is 1.64 bits per heavy atom. The first-order valence-electron chi connectivity index (χ1n) is 17.8. The van der Waals surface area contributed by atoms with Crippen molar-refractivity contribution in [3.8, 4) is 0 Å². The summed E-state index contributed by atoms with van der Waals surface area (Å²) < 4.78 is 28.9. The molecule has 2 aromatic heterocycles. The number of amides is 6. The topological polar surface area (TPSA) is 177 Å². The van der Waals surface area contributed by atoms with E-state index >= 15 is 0 Å². The molecule has 3 atom stereocenters. The van der Waals surface area contributed by atoms with E-state index in [4.69, 9.17) is 0 Å². The van der Waals surface area contributed by atoms with Gasteiger partial charge in [-0.25, -0.2) is 13.8 Å². The minimum atomic E-state index is -1.12. The predicted octanol–water partition coefficient (Wildman–Crippen LogP) is 3.02. The number of H-pyrrole nitrogens is 1. The fraction of sp³-hybridized carbons (Fsp3) is 0.395. The quantitative estimate of drug-likeness (QED) is 0.241. The molecule has 5 rings (SSSR count). The van der Waals surface area contributed by atoms with E-state index in [0.29, 0.717) is 11.4 Å². The summed E-state index contributed by atoms with van der Waals surface area (Å²) in [4.78, 5) is 92.4. The molecule has 4 aromatic rings. The van der Waals surface area contributed by atoms with Crippen molar-refractivity contribution in [3.05, 3.63) is 87.5 Å². The molecule has 3 heterocycles. The van der Waals surface area contributed by atoms with Gasteiger partial charge in [0.15, 0.2) is 0 Å². The number of carbonyl (C=O) groups excluding carboxylic acids is 6. The lowest BCUT2D eigenvalue weighted by molar-refractivity contribution is -0.138. The summed E-state index contributed by atoms with van der Waals surface area (Å²) in [5.41, 5.74) is 1.00. The van der Waals surface area contributed by atoms with Crippen LogP contribution in [0.3, 0.4) is 0 Å². The van der Waals surface area contributed by atoms with Crippen LogP contribution in [-0.4, -0.2) is 112 Å². The molecule has 0 unspecified atom stereocenters. The summed E-state index contributed by atoms with van der Waals surface area (Å²) in [7, 11) is 2.84. The Hall–Kier alpha value is -5.71. The van der Waals surface area contributed by atoms with Crippen molar-refractivity contribution < 1.29 is 37.5 Å². The minimum absolute atomic E-state index is 0.000206. The number of carbonyl (C=O) groups is 6. The molecule has 4 N–H and O–H groups in total. The maximum atomic E-state index is 14.8. The lowest BCUT2D eigenvalue weighted by Crippen LogP contribution is -2.53. The Morgan fingerprint density at radius 1 is 0.909 bits per heavy atom. The third kappa shape index (κ3) is 10.1. The van der Waals surface area contributed by atoms with E-state index in [2.05, 4.69) is 25.9 Å². The second kappa shape index (κ2) is 17.6. The molecule has 55 heavy (non-hydrogen) atoms. The number of nitrogens with zero attached hydrogens (tertiary/aromatic N) is 4. The maximum Gasteiger partial charge on any atom is 0.271 e. The van der Waals surface area contributed by atoms with Crippen LogP contribution < -0.4 is 16.0 Å². The number of likely N-dealkylation sites (N-methyl/N-ethyl adjacent to an activating group) is 2. The number of thiazole rings is 1. The number of aromatic nitrogens is 2. The molecule has 0 fully saturated rings. The number of fused-ring (bicyclic) bond motifs is 3. The third-order valence-electron chi connectivity index (χ3n) is 9.16. The van der Waals surface area contributed by atoms with Gasteiger partial charge in [0, 0.05) is 56.1 Å². The molecule has 6 amide bonds. The largest absolute Gasteiger partial charge is 0.361 e. The summed E-state index contributed by atoms with van der Waals surface area (Å²) in [6.07, 6.45) is 2.23. The van der Waals surface area contributed by atoms with Gasteiger partial charge in [-0.1, -0.05) is 32.0 Å². The molecule has 0 saturated heterocycles. The highest BCUT2D eigenvalue weighted by atomic mass is 32.1. The third-order valence-corrected chi connectivity index (χ3v) is 10.1. The van der Waals surface area contributed by atoms with E-state index in [1.54, 1.807) is 6.20 Å². The molecule has 1 aliphatic rings. The zero-order valence-corrected chi connectivity index (χ0v) is 32.0. The molecule has 0 aliphatic carbocycles. The number of rotatable bonds is 5. The number of nitrogens with one attached hydrogen (secondary N) is 4. The van der Waals surface area contributed by atoms with E-state index in [9.17, 15) is 37.5 Å². The lowest BCUT2D eigenvalue weighted by Gasteiger charge is -2.28. The van der Waals surface area contributed by atoms with Gasteiger partial charge in [0.05, 0.1) is 24.7 Å². The van der Waals surface area contributed by atoms with E-state index in [1.807, 2.05) is 38.1 Å². The van der Waals surface area contributed by atoms with Crippen molar-refractivity contribution in [2.24, 2.45) is 5.92 Å². The van der Waals surface area contributed by atoms with Gasteiger partial charge in [-0.3, -0.25) is 28.8 Å². The molecule has 14 nitrogen and oxygen atoms in total. The Bertz CT molecular complexity index is 2090. The molecule has 292 valence electrons. The standard InChI is InChI=1S/C38H44F2N8O6S/c1-21(2)14-29-35-45-31(20-55-35)34(51)44-30(15-23-17-41-28-9-7-6-8-25(23)28)38(54)47(5)18-32(49)42-22(3)36(52)46(4)12-13-48(19-33(50)43-29)37(53)26-16-24(39)10-11-27(26)40/h6-11,16-17,20-22,29-30,41H,12-15,18-19H2,1-5H3,(H,42,49)(H,43,50)(H,44,51)/t22-,29-,30+/m0/s1. The highest BCUT2D eigenvalue weighted by Crippen LogP contribution is 2.26. The molecule has 2 bridgehead atoms. The molecule has 1 aliphatic heterocycles. The number of para-hydroxylation sites is 1. The molecule has 0 spiro atoms. The monoisotopic (exact) mass is 778 g/mol. The fourth-order valence-electron chi connectivity index (χ4n) is 6.31. The summed E-state index contributed by atoms with van der Waals surface area (Å²) >= 11 is 1.12. The van der Waals surface area contributed by atoms with Gasteiger partial charge in [-0.15, -0.1) is 11.3 Å². The van der Waals surface area contributed by atoms with Crippen molar-refractivity contribution in [1.29, 1.82) is 0 Å². The zero-order chi connectivity index (χ0) is 40.0. The van der Waals surface area contributed by atoms with Gasteiger partial charge >= 0.3 is 0 Å². The minimum Gasteiger partial charge on any atom is -0.361 e. The van der Waals surface area contributed by atoms with Gasteiger partial charge in [0.1, 0.15) is 34.4 Å². The van der Waals surface area contributed by atoms with E-state index in [1.165, 1.54) is 31.3 Å². The summed E-state index contributed by atoms with van der Waals surface area (Å²) in [5.74, 6) is -5.84. The normalized spacial score (nSPS) is 20.0. The highest BCUT2D eigenvalue weighted by molar-refractivity contribution is 7.09. The Balaban J connectivity index is 1.48. The maximum absolute atomic E-state index is 14.8. The average Bonchev–Trinajstić information content (AvgIpc) is 3.80. The molecule has 2 aromatic carbocycles. The second-order valence-corrected chi connectivity index (χ2v) is 14.9. The van der Waals surface area contributed by atoms with Crippen LogP contribution in [0.1, 0.15) is 64.7 Å². The number of hydrogen-bond acceptors (Lipinski definition) is 8. The molecule has 0 radical (unpaired) electrons. The van der Waals surface area contributed by atoms with Gasteiger partial charge in [-0.2, -0.15) is 0 Å². The van der Waals surface area contributed by atoms with Crippen molar-refractivity contribution in [2.75, 3.05) is 40.3 Å². The van der Waals surface area contributed by atoms with Crippen LogP contribution in [0.25, 0.3) is 10.9 Å². The number of benzene rings is 2. The number of halogens is 2. The average molecular weight is 779 g/mol. The first-order valence-corrected chi connectivity index (χ1v) is 18.6. The molecular weight excluding hydrogens is 735 g/mol. The van der Waals surface area contributed by atoms with Gasteiger partial charge in [-0.05, 0) is 49.1 Å². The van der Waals surface area contributed by atoms with Crippen molar-refractivity contribution in [1.82, 2.24) is 40.6 Å². The first-order chi connectivity index (χ1) is 26.1. The van der Waals surface area contributed by atoms with Crippen LogP contribution in [0.5, 0.6) is 0 Å². The van der Waals surface area contributed by atoms with Crippen LogP contribution >= 0.6 is 11.3 Å². The van der Waals surface area contributed by atoms with Gasteiger partial charge in [0.2, 0.25) is 23.6 Å². The van der Waals surface area contributed by atoms with Crippen LogP contribution in [0.2, 0.25) is 0 Å². The van der Waals surface area contributed by atoms with Crippen molar-refractivity contribution in [3.63, 3.8) is 0 Å². The Morgan fingerprint density at radius 3 is 2.38 bits per heavy atom.